The largest absolute Gasteiger partial charge is 0.352 e. The maximum absolute atomic E-state index is 11.8. The molecule has 1 aliphatic heterocycles. The lowest BCUT2D eigenvalue weighted by Gasteiger charge is -2.09. The predicted molar refractivity (Wildman–Crippen MR) is 74.4 cm³/mol. The monoisotopic (exact) mass is 281 g/mol. The molecule has 0 saturated carbocycles. The van der Waals surface area contributed by atoms with E-state index < -0.39 is 9.84 Å². The Morgan fingerprint density at radius 1 is 1.42 bits per heavy atom. The number of carbonyl (C=O) groups excluding carboxylic acids is 1. The van der Waals surface area contributed by atoms with E-state index in [4.69, 9.17) is 0 Å². The van der Waals surface area contributed by atoms with Crippen LogP contribution in [-0.4, -0.2) is 25.8 Å². The number of rotatable bonds is 4. The van der Waals surface area contributed by atoms with Gasteiger partial charge in [0.05, 0.1) is 11.5 Å². The van der Waals surface area contributed by atoms with Crippen LogP contribution in [0.3, 0.4) is 0 Å². The Bertz CT molecular complexity index is 566. The highest BCUT2D eigenvalue weighted by molar-refractivity contribution is 7.91. The lowest BCUT2D eigenvalue weighted by molar-refractivity contribution is -0.122. The minimum absolute atomic E-state index is 0.0116. The number of hydrogen-bond donors (Lipinski definition) is 1. The molecule has 1 aromatic rings. The smallest absolute Gasteiger partial charge is 0.220 e. The second kappa shape index (κ2) is 5.74. The van der Waals surface area contributed by atoms with Crippen molar-refractivity contribution in [3.63, 3.8) is 0 Å². The Hall–Kier alpha value is -1.36. The zero-order valence-corrected chi connectivity index (χ0v) is 11.9. The Kier molecular flexibility index (Phi) is 4.24. The lowest BCUT2D eigenvalue weighted by atomic mass is 10.0. The van der Waals surface area contributed by atoms with Gasteiger partial charge >= 0.3 is 0 Å². The van der Waals surface area contributed by atoms with Gasteiger partial charge in [0.1, 0.15) is 0 Å². The Morgan fingerprint density at radius 3 is 2.84 bits per heavy atom. The Labute approximate surface area is 114 Å². The fourth-order valence-corrected chi connectivity index (χ4v) is 4.25. The summed E-state index contributed by atoms with van der Waals surface area (Å²) in [5.41, 5.74) is 2.22. The molecule has 19 heavy (non-hydrogen) atoms. The summed E-state index contributed by atoms with van der Waals surface area (Å²) in [6.45, 7) is 2.51. The first-order valence-corrected chi connectivity index (χ1v) is 8.29. The number of hydrogen-bond acceptors (Lipinski definition) is 3. The summed E-state index contributed by atoms with van der Waals surface area (Å²) in [6, 6.07) is 7.96. The topological polar surface area (TPSA) is 63.2 Å². The van der Waals surface area contributed by atoms with Crippen LogP contribution >= 0.6 is 0 Å². The van der Waals surface area contributed by atoms with Crippen LogP contribution in [0.5, 0.6) is 0 Å². The van der Waals surface area contributed by atoms with E-state index in [9.17, 15) is 13.2 Å². The summed E-state index contributed by atoms with van der Waals surface area (Å²) in [6.07, 6.45) is 0.922. The first kappa shape index (κ1) is 14.1. The Morgan fingerprint density at radius 2 is 2.21 bits per heavy atom. The SMILES string of the molecule is Cc1cccc(CNC(=O)CC2CCS(=O)(=O)C2)c1. The summed E-state index contributed by atoms with van der Waals surface area (Å²) >= 11 is 0. The molecule has 1 amide bonds. The molecule has 0 spiro atoms. The normalized spacial score (nSPS) is 21.2. The molecule has 1 fully saturated rings. The average Bonchev–Trinajstić information content (AvgIpc) is 2.66. The van der Waals surface area contributed by atoms with Crippen molar-refractivity contribution in [3.05, 3.63) is 35.4 Å². The van der Waals surface area contributed by atoms with Crippen LogP contribution in [0.25, 0.3) is 0 Å². The number of carbonyl (C=O) groups is 1. The molecule has 0 radical (unpaired) electrons. The second-order valence-corrected chi connectivity index (χ2v) is 7.47. The average molecular weight is 281 g/mol. The van der Waals surface area contributed by atoms with Crippen LogP contribution in [0, 0.1) is 12.8 Å². The molecule has 4 nitrogen and oxygen atoms in total. The van der Waals surface area contributed by atoms with Crippen LogP contribution in [0.1, 0.15) is 24.0 Å². The van der Waals surface area contributed by atoms with Gasteiger partial charge in [0.25, 0.3) is 0 Å². The highest BCUT2D eigenvalue weighted by Crippen LogP contribution is 2.21. The van der Waals surface area contributed by atoms with Gasteiger partial charge in [-0.15, -0.1) is 0 Å². The van der Waals surface area contributed by atoms with Crippen LogP contribution < -0.4 is 5.32 Å². The van der Waals surface area contributed by atoms with E-state index in [0.717, 1.165) is 11.1 Å². The Balaban J connectivity index is 1.79. The summed E-state index contributed by atoms with van der Waals surface area (Å²) in [5, 5.41) is 2.85. The van der Waals surface area contributed by atoms with Crippen molar-refractivity contribution in [1.29, 1.82) is 0 Å². The van der Waals surface area contributed by atoms with Gasteiger partial charge < -0.3 is 5.32 Å². The van der Waals surface area contributed by atoms with Crippen molar-refractivity contribution in [2.45, 2.75) is 26.3 Å². The van der Waals surface area contributed by atoms with E-state index in [2.05, 4.69) is 5.32 Å². The molecule has 1 atom stereocenters. The van der Waals surface area contributed by atoms with E-state index in [1.54, 1.807) is 0 Å². The summed E-state index contributed by atoms with van der Waals surface area (Å²) in [5.74, 6) is 0.305. The van der Waals surface area contributed by atoms with E-state index in [1.807, 2.05) is 31.2 Å². The molecule has 1 aromatic carbocycles. The van der Waals surface area contributed by atoms with E-state index in [1.165, 1.54) is 0 Å². The summed E-state index contributed by atoms with van der Waals surface area (Å²) < 4.78 is 22.6. The molecule has 2 rings (SSSR count). The first-order valence-electron chi connectivity index (χ1n) is 6.47. The number of aryl methyl sites for hydroxylation is 1. The highest BCUT2D eigenvalue weighted by atomic mass is 32.2. The minimum atomic E-state index is -2.89. The quantitative estimate of drug-likeness (QED) is 0.908. The first-order chi connectivity index (χ1) is 8.94. The third kappa shape index (κ3) is 4.35. The third-order valence-corrected chi connectivity index (χ3v) is 5.21. The molecule has 5 heteroatoms. The zero-order chi connectivity index (χ0) is 13.9. The van der Waals surface area contributed by atoms with Gasteiger partial charge in [-0.3, -0.25) is 4.79 Å². The summed E-state index contributed by atoms with van der Waals surface area (Å²) in [4.78, 5) is 11.8. The molecule has 1 aliphatic rings. The van der Waals surface area contributed by atoms with Crippen molar-refractivity contribution in [3.8, 4) is 0 Å². The van der Waals surface area contributed by atoms with Crippen LogP contribution in [0.2, 0.25) is 0 Å². The molecule has 0 aliphatic carbocycles. The van der Waals surface area contributed by atoms with Crippen LogP contribution in [0.4, 0.5) is 0 Å². The van der Waals surface area contributed by atoms with E-state index >= 15 is 0 Å². The zero-order valence-electron chi connectivity index (χ0n) is 11.1. The molecule has 0 aromatic heterocycles. The van der Waals surface area contributed by atoms with Gasteiger partial charge in [-0.1, -0.05) is 29.8 Å². The maximum atomic E-state index is 11.8. The number of sulfone groups is 1. The molecule has 0 bridgehead atoms. The second-order valence-electron chi connectivity index (χ2n) is 5.24. The molecule has 1 N–H and O–H groups in total. The van der Waals surface area contributed by atoms with Crippen molar-refractivity contribution in [1.82, 2.24) is 5.32 Å². The van der Waals surface area contributed by atoms with Gasteiger partial charge in [-0.25, -0.2) is 8.42 Å². The van der Waals surface area contributed by atoms with Crippen molar-refractivity contribution in [2.75, 3.05) is 11.5 Å². The number of benzene rings is 1. The molecule has 1 heterocycles. The van der Waals surface area contributed by atoms with Gasteiger partial charge in [-0.05, 0) is 24.8 Å². The van der Waals surface area contributed by atoms with Crippen molar-refractivity contribution < 1.29 is 13.2 Å². The predicted octanol–water partition coefficient (Wildman–Crippen LogP) is 1.44. The number of nitrogens with one attached hydrogen (secondary N) is 1. The lowest BCUT2D eigenvalue weighted by Crippen LogP contribution is -2.25. The molecular weight excluding hydrogens is 262 g/mol. The molecule has 104 valence electrons. The van der Waals surface area contributed by atoms with Gasteiger partial charge in [-0.2, -0.15) is 0 Å². The van der Waals surface area contributed by atoms with E-state index in [-0.39, 0.29) is 23.3 Å². The standard InChI is InChI=1S/C14H19NO3S/c1-11-3-2-4-12(7-11)9-15-14(16)8-13-5-6-19(17,18)10-13/h2-4,7,13H,5-6,8-10H2,1H3,(H,15,16). The fourth-order valence-electron chi connectivity index (χ4n) is 2.39. The van der Waals surface area contributed by atoms with Gasteiger partial charge in [0.2, 0.25) is 5.91 Å². The fraction of sp³-hybridized carbons (Fsp3) is 0.500. The van der Waals surface area contributed by atoms with E-state index in [0.29, 0.717) is 19.4 Å². The molecular formula is C14H19NO3S. The number of amides is 1. The van der Waals surface area contributed by atoms with Crippen LogP contribution in [-0.2, 0) is 21.2 Å². The van der Waals surface area contributed by atoms with Crippen molar-refractivity contribution in [2.24, 2.45) is 5.92 Å². The summed E-state index contributed by atoms with van der Waals surface area (Å²) in [7, 11) is -2.89. The third-order valence-electron chi connectivity index (χ3n) is 3.37. The maximum Gasteiger partial charge on any atom is 0.220 e. The van der Waals surface area contributed by atoms with Crippen LogP contribution in [0.15, 0.2) is 24.3 Å². The molecule has 1 saturated heterocycles. The van der Waals surface area contributed by atoms with Crippen molar-refractivity contribution >= 4 is 15.7 Å². The highest BCUT2D eigenvalue weighted by Gasteiger charge is 2.29. The molecule has 1 unspecified atom stereocenters. The van der Waals surface area contributed by atoms with Gasteiger partial charge in [0, 0.05) is 13.0 Å². The minimum Gasteiger partial charge on any atom is -0.352 e. The van der Waals surface area contributed by atoms with Gasteiger partial charge in [0.15, 0.2) is 9.84 Å².